The van der Waals surface area contributed by atoms with Crippen LogP contribution in [0.15, 0.2) is 16.7 Å². The molecule has 1 aromatic heterocycles. The van der Waals surface area contributed by atoms with Gasteiger partial charge in [0.1, 0.15) is 0 Å². The van der Waals surface area contributed by atoms with Crippen LogP contribution in [0, 0.1) is 18.8 Å². The molecule has 0 aliphatic heterocycles. The van der Waals surface area contributed by atoms with Gasteiger partial charge in [0.05, 0.1) is 5.69 Å². The van der Waals surface area contributed by atoms with Crippen LogP contribution in [0.4, 0.5) is 0 Å². The van der Waals surface area contributed by atoms with Crippen molar-refractivity contribution in [1.82, 2.24) is 5.16 Å². The first-order valence-electron chi connectivity index (χ1n) is 7.03. The molecule has 2 heteroatoms. The Balaban J connectivity index is 2.11. The summed E-state index contributed by atoms with van der Waals surface area (Å²) < 4.78 is 5.38. The lowest BCUT2D eigenvalue weighted by Crippen LogP contribution is -2.10. The van der Waals surface area contributed by atoms with Gasteiger partial charge in [-0.2, -0.15) is 0 Å². The standard InChI is InChI=1S/C16H21NO/c1-10(2)12-5-4-6-14-13(9-12)7-8-15-16(14)11(3)17-18-15/h7-8,10,12H,4-6,9H2,1-3H3. The first kappa shape index (κ1) is 11.8. The molecule has 18 heavy (non-hydrogen) atoms. The fourth-order valence-corrected chi connectivity index (χ4v) is 3.28. The molecule has 1 aliphatic rings. The third-order valence-corrected chi connectivity index (χ3v) is 4.44. The SMILES string of the molecule is Cc1noc2ccc3c(c12)CCCC(C(C)C)C3. The molecule has 1 atom stereocenters. The van der Waals surface area contributed by atoms with Gasteiger partial charge in [0.25, 0.3) is 0 Å². The van der Waals surface area contributed by atoms with E-state index in [1.165, 1.54) is 42.2 Å². The number of hydrogen-bond acceptors (Lipinski definition) is 2. The predicted molar refractivity (Wildman–Crippen MR) is 73.7 cm³/mol. The smallest absolute Gasteiger partial charge is 0.167 e. The summed E-state index contributed by atoms with van der Waals surface area (Å²) in [5, 5.41) is 5.39. The van der Waals surface area contributed by atoms with Crippen LogP contribution in [0.2, 0.25) is 0 Å². The van der Waals surface area contributed by atoms with Gasteiger partial charge in [0.15, 0.2) is 5.58 Å². The Morgan fingerprint density at radius 3 is 2.94 bits per heavy atom. The topological polar surface area (TPSA) is 26.0 Å². The minimum Gasteiger partial charge on any atom is -0.356 e. The Labute approximate surface area is 108 Å². The highest BCUT2D eigenvalue weighted by Crippen LogP contribution is 2.34. The Morgan fingerprint density at radius 2 is 2.17 bits per heavy atom. The van der Waals surface area contributed by atoms with Gasteiger partial charge in [0.2, 0.25) is 0 Å². The summed E-state index contributed by atoms with van der Waals surface area (Å²) in [5.74, 6) is 1.60. The molecule has 1 heterocycles. The van der Waals surface area contributed by atoms with Crippen LogP contribution in [-0.2, 0) is 12.8 Å². The van der Waals surface area contributed by atoms with E-state index in [2.05, 4.69) is 38.1 Å². The highest BCUT2D eigenvalue weighted by atomic mass is 16.5. The van der Waals surface area contributed by atoms with Crippen molar-refractivity contribution in [2.45, 2.75) is 46.5 Å². The average Bonchev–Trinajstić information content (AvgIpc) is 2.61. The Hall–Kier alpha value is -1.31. The molecule has 0 fully saturated rings. The Morgan fingerprint density at radius 1 is 1.33 bits per heavy atom. The number of benzene rings is 1. The summed E-state index contributed by atoms with van der Waals surface area (Å²) in [4.78, 5) is 0. The third kappa shape index (κ3) is 1.84. The van der Waals surface area contributed by atoms with E-state index >= 15 is 0 Å². The molecule has 0 N–H and O–H groups in total. The molecular weight excluding hydrogens is 222 g/mol. The first-order chi connectivity index (χ1) is 8.66. The number of hydrogen-bond donors (Lipinski definition) is 0. The molecule has 0 radical (unpaired) electrons. The van der Waals surface area contributed by atoms with Gasteiger partial charge in [-0.15, -0.1) is 0 Å². The molecule has 1 aliphatic carbocycles. The zero-order valence-corrected chi connectivity index (χ0v) is 11.5. The van der Waals surface area contributed by atoms with Crippen molar-refractivity contribution in [2.24, 2.45) is 11.8 Å². The summed E-state index contributed by atoms with van der Waals surface area (Å²) in [7, 11) is 0. The lowest BCUT2D eigenvalue weighted by Gasteiger charge is -2.18. The zero-order valence-electron chi connectivity index (χ0n) is 11.5. The molecule has 1 aromatic carbocycles. The number of rotatable bonds is 1. The highest BCUT2D eigenvalue weighted by Gasteiger charge is 2.22. The summed E-state index contributed by atoms with van der Waals surface area (Å²) in [6.45, 7) is 6.74. The monoisotopic (exact) mass is 243 g/mol. The molecule has 2 aromatic rings. The number of nitrogens with zero attached hydrogens (tertiary/aromatic N) is 1. The number of aryl methyl sites for hydroxylation is 2. The summed E-state index contributed by atoms with van der Waals surface area (Å²) in [6, 6.07) is 4.35. The van der Waals surface area contributed by atoms with Crippen LogP contribution >= 0.6 is 0 Å². The molecule has 0 saturated heterocycles. The fourth-order valence-electron chi connectivity index (χ4n) is 3.28. The van der Waals surface area contributed by atoms with E-state index in [0.29, 0.717) is 0 Å². The molecule has 0 saturated carbocycles. The van der Waals surface area contributed by atoms with Crippen molar-refractivity contribution in [1.29, 1.82) is 0 Å². The summed E-state index contributed by atoms with van der Waals surface area (Å²) >= 11 is 0. The molecule has 1 unspecified atom stereocenters. The lowest BCUT2D eigenvalue weighted by molar-refractivity contribution is 0.357. The Bertz CT molecular complexity index is 568. The van der Waals surface area contributed by atoms with Gasteiger partial charge in [0, 0.05) is 5.39 Å². The lowest BCUT2D eigenvalue weighted by atomic mass is 9.87. The molecule has 0 spiro atoms. The molecule has 0 bridgehead atoms. The molecule has 96 valence electrons. The van der Waals surface area contributed by atoms with Gasteiger partial charge in [-0.3, -0.25) is 0 Å². The molecule has 2 nitrogen and oxygen atoms in total. The van der Waals surface area contributed by atoms with E-state index in [4.69, 9.17) is 4.52 Å². The number of fused-ring (bicyclic) bond motifs is 3. The second-order valence-corrected chi connectivity index (χ2v) is 5.94. The van der Waals surface area contributed by atoms with Gasteiger partial charge in [-0.1, -0.05) is 25.1 Å². The second kappa shape index (κ2) is 4.42. The summed E-state index contributed by atoms with van der Waals surface area (Å²) in [5.41, 5.74) is 5.01. The van der Waals surface area contributed by atoms with Crippen molar-refractivity contribution in [3.05, 3.63) is 29.0 Å². The minimum atomic E-state index is 0.773. The summed E-state index contributed by atoms with van der Waals surface area (Å²) in [6.07, 6.45) is 5.03. The van der Waals surface area contributed by atoms with Crippen LogP contribution in [0.1, 0.15) is 43.5 Å². The Kier molecular flexibility index (Phi) is 2.89. The van der Waals surface area contributed by atoms with Crippen LogP contribution in [0.5, 0.6) is 0 Å². The van der Waals surface area contributed by atoms with Crippen molar-refractivity contribution in [3.8, 4) is 0 Å². The quantitative estimate of drug-likeness (QED) is 0.698. The van der Waals surface area contributed by atoms with Gasteiger partial charge < -0.3 is 4.52 Å². The van der Waals surface area contributed by atoms with E-state index in [9.17, 15) is 0 Å². The highest BCUT2D eigenvalue weighted by molar-refractivity contribution is 5.84. The maximum atomic E-state index is 5.38. The van der Waals surface area contributed by atoms with Crippen LogP contribution in [0.25, 0.3) is 11.0 Å². The average molecular weight is 243 g/mol. The van der Waals surface area contributed by atoms with Crippen molar-refractivity contribution >= 4 is 11.0 Å². The van der Waals surface area contributed by atoms with E-state index in [-0.39, 0.29) is 0 Å². The minimum absolute atomic E-state index is 0.773. The maximum absolute atomic E-state index is 5.38. The maximum Gasteiger partial charge on any atom is 0.167 e. The van der Waals surface area contributed by atoms with Crippen molar-refractivity contribution < 1.29 is 4.52 Å². The van der Waals surface area contributed by atoms with Gasteiger partial charge >= 0.3 is 0 Å². The van der Waals surface area contributed by atoms with E-state index in [1.807, 2.05) is 0 Å². The third-order valence-electron chi connectivity index (χ3n) is 4.44. The molecule has 3 rings (SSSR count). The normalized spacial score (nSPS) is 20.1. The van der Waals surface area contributed by atoms with Crippen molar-refractivity contribution in [2.75, 3.05) is 0 Å². The van der Waals surface area contributed by atoms with Crippen LogP contribution in [0.3, 0.4) is 0 Å². The van der Waals surface area contributed by atoms with E-state index in [1.54, 1.807) is 0 Å². The number of aromatic nitrogens is 1. The molecular formula is C16H21NO. The van der Waals surface area contributed by atoms with Crippen molar-refractivity contribution in [3.63, 3.8) is 0 Å². The predicted octanol–water partition coefficient (Wildman–Crippen LogP) is 4.29. The van der Waals surface area contributed by atoms with Crippen LogP contribution in [-0.4, -0.2) is 5.16 Å². The first-order valence-corrected chi connectivity index (χ1v) is 7.03. The van der Waals surface area contributed by atoms with Gasteiger partial charge in [-0.25, -0.2) is 0 Å². The van der Waals surface area contributed by atoms with E-state index < -0.39 is 0 Å². The molecule has 0 amide bonds. The second-order valence-electron chi connectivity index (χ2n) is 5.94. The largest absolute Gasteiger partial charge is 0.356 e. The van der Waals surface area contributed by atoms with Crippen LogP contribution < -0.4 is 0 Å². The van der Waals surface area contributed by atoms with E-state index in [0.717, 1.165) is 23.1 Å². The zero-order chi connectivity index (χ0) is 12.7. The van der Waals surface area contributed by atoms with Gasteiger partial charge in [-0.05, 0) is 61.6 Å². The fraction of sp³-hybridized carbons (Fsp3) is 0.562.